The van der Waals surface area contributed by atoms with Crippen LogP contribution >= 0.6 is 0 Å². The molecular weight excluding hydrogens is 278 g/mol. The molecule has 1 fully saturated rings. The number of hydrogen-bond acceptors (Lipinski definition) is 4. The van der Waals surface area contributed by atoms with Gasteiger partial charge < -0.3 is 10.0 Å². The van der Waals surface area contributed by atoms with Gasteiger partial charge in [-0.2, -0.15) is 0 Å². The van der Waals surface area contributed by atoms with Gasteiger partial charge in [-0.25, -0.2) is 14.8 Å². The summed E-state index contributed by atoms with van der Waals surface area (Å²) in [5.74, 6) is 0.745. The number of hydrogen-bond donors (Lipinski definition) is 1. The average Bonchev–Trinajstić information content (AvgIpc) is 2.55. The third-order valence-corrected chi connectivity index (χ3v) is 3.94. The van der Waals surface area contributed by atoms with Crippen molar-refractivity contribution in [3.8, 4) is 11.4 Å². The third-order valence-electron chi connectivity index (χ3n) is 3.94. The summed E-state index contributed by atoms with van der Waals surface area (Å²) in [5.41, 5.74) is 0.874. The topological polar surface area (TPSA) is 66.3 Å². The van der Waals surface area contributed by atoms with E-state index in [0.29, 0.717) is 17.6 Å². The van der Waals surface area contributed by atoms with Crippen LogP contribution in [0.25, 0.3) is 11.4 Å². The molecule has 22 heavy (non-hydrogen) atoms. The van der Waals surface area contributed by atoms with E-state index < -0.39 is 5.97 Å². The summed E-state index contributed by atoms with van der Waals surface area (Å²) < 4.78 is 0. The summed E-state index contributed by atoms with van der Waals surface area (Å²) in [7, 11) is 0. The van der Waals surface area contributed by atoms with E-state index in [0.717, 1.165) is 25.1 Å². The molecule has 1 atom stereocenters. The van der Waals surface area contributed by atoms with Crippen LogP contribution in [-0.4, -0.2) is 34.1 Å². The summed E-state index contributed by atoms with van der Waals surface area (Å²) in [5, 5.41) is 9.32. The van der Waals surface area contributed by atoms with Crippen molar-refractivity contribution in [2.45, 2.75) is 19.8 Å². The maximum absolute atomic E-state index is 11.4. The summed E-state index contributed by atoms with van der Waals surface area (Å²) >= 11 is 0. The molecular formula is C17H19N3O2. The van der Waals surface area contributed by atoms with Crippen LogP contribution in [0.1, 0.15) is 30.3 Å². The number of anilines is 1. The highest BCUT2D eigenvalue weighted by Gasteiger charge is 2.20. The number of piperidine rings is 1. The van der Waals surface area contributed by atoms with Crippen LogP contribution in [0.4, 0.5) is 5.82 Å². The van der Waals surface area contributed by atoms with Crippen LogP contribution in [0, 0.1) is 5.92 Å². The minimum atomic E-state index is -1.02. The lowest BCUT2D eigenvalue weighted by molar-refractivity contribution is 0.0690. The maximum Gasteiger partial charge on any atom is 0.354 e. The highest BCUT2D eigenvalue weighted by atomic mass is 16.4. The molecule has 2 heterocycles. The molecule has 3 rings (SSSR count). The molecule has 0 aliphatic carbocycles. The summed E-state index contributed by atoms with van der Waals surface area (Å²) in [6.07, 6.45) is 2.31. The smallest absolute Gasteiger partial charge is 0.354 e. The third kappa shape index (κ3) is 3.08. The normalized spacial score (nSPS) is 18.2. The van der Waals surface area contributed by atoms with Crippen LogP contribution in [0.2, 0.25) is 0 Å². The Labute approximate surface area is 129 Å². The predicted molar refractivity (Wildman–Crippen MR) is 85.0 cm³/mol. The first-order chi connectivity index (χ1) is 10.6. The average molecular weight is 297 g/mol. The van der Waals surface area contributed by atoms with Crippen LogP contribution in [0.5, 0.6) is 0 Å². The minimum Gasteiger partial charge on any atom is -0.477 e. The number of rotatable bonds is 3. The highest BCUT2D eigenvalue weighted by Crippen LogP contribution is 2.24. The lowest BCUT2D eigenvalue weighted by Crippen LogP contribution is -2.35. The van der Waals surface area contributed by atoms with Crippen LogP contribution in [0.15, 0.2) is 36.4 Å². The van der Waals surface area contributed by atoms with Crippen molar-refractivity contribution in [1.82, 2.24) is 9.97 Å². The fraction of sp³-hybridized carbons (Fsp3) is 0.353. The molecule has 0 saturated carbocycles. The second-order valence-corrected chi connectivity index (χ2v) is 5.80. The van der Waals surface area contributed by atoms with Gasteiger partial charge in [-0.1, -0.05) is 37.3 Å². The van der Waals surface area contributed by atoms with E-state index in [1.54, 1.807) is 6.07 Å². The van der Waals surface area contributed by atoms with Crippen LogP contribution < -0.4 is 4.90 Å². The predicted octanol–water partition coefficient (Wildman–Crippen LogP) is 3.08. The maximum atomic E-state index is 11.4. The second-order valence-electron chi connectivity index (χ2n) is 5.80. The molecule has 1 aromatic heterocycles. The summed E-state index contributed by atoms with van der Waals surface area (Å²) in [6, 6.07) is 11.1. The van der Waals surface area contributed by atoms with Gasteiger partial charge in [0.25, 0.3) is 0 Å². The van der Waals surface area contributed by atoms with Gasteiger partial charge in [0.2, 0.25) is 0 Å². The van der Waals surface area contributed by atoms with Gasteiger partial charge in [0.05, 0.1) is 0 Å². The largest absolute Gasteiger partial charge is 0.477 e. The molecule has 0 spiro atoms. The quantitative estimate of drug-likeness (QED) is 0.943. The highest BCUT2D eigenvalue weighted by molar-refractivity contribution is 5.87. The van der Waals surface area contributed by atoms with Gasteiger partial charge in [-0.3, -0.25) is 0 Å². The zero-order valence-electron chi connectivity index (χ0n) is 12.6. The van der Waals surface area contributed by atoms with E-state index in [-0.39, 0.29) is 5.69 Å². The van der Waals surface area contributed by atoms with Crippen LogP contribution in [0.3, 0.4) is 0 Å². The van der Waals surface area contributed by atoms with Gasteiger partial charge in [-0.15, -0.1) is 0 Å². The molecule has 1 saturated heterocycles. The standard InChI is InChI=1S/C17H19N3O2/c1-12-6-5-9-20(11-12)15-10-14(17(21)22)18-16(19-15)13-7-3-2-4-8-13/h2-4,7-8,10,12H,5-6,9,11H2,1H3,(H,21,22). The Morgan fingerprint density at radius 3 is 2.73 bits per heavy atom. The van der Waals surface area contributed by atoms with Crippen molar-refractivity contribution in [3.05, 3.63) is 42.1 Å². The zero-order chi connectivity index (χ0) is 15.5. The van der Waals surface area contributed by atoms with Gasteiger partial charge in [0, 0.05) is 24.7 Å². The molecule has 114 valence electrons. The molecule has 5 nitrogen and oxygen atoms in total. The second kappa shape index (κ2) is 6.13. The van der Waals surface area contributed by atoms with Gasteiger partial charge >= 0.3 is 5.97 Å². The molecule has 1 aliphatic heterocycles. The lowest BCUT2D eigenvalue weighted by Gasteiger charge is -2.32. The Hall–Kier alpha value is -2.43. The Balaban J connectivity index is 2.02. The molecule has 0 amide bonds. The fourth-order valence-corrected chi connectivity index (χ4v) is 2.82. The molecule has 0 radical (unpaired) electrons. The molecule has 2 aromatic rings. The number of carboxylic acid groups (broad SMARTS) is 1. The molecule has 1 N–H and O–H groups in total. The van der Waals surface area contributed by atoms with Gasteiger partial charge in [0.15, 0.2) is 11.5 Å². The molecule has 1 aromatic carbocycles. The van der Waals surface area contributed by atoms with Crippen molar-refractivity contribution in [3.63, 3.8) is 0 Å². The SMILES string of the molecule is CC1CCCN(c2cc(C(=O)O)nc(-c3ccccc3)n2)C1. The van der Waals surface area contributed by atoms with E-state index in [1.807, 2.05) is 30.3 Å². The minimum absolute atomic E-state index is 0.0436. The molecule has 0 bridgehead atoms. The fourth-order valence-electron chi connectivity index (χ4n) is 2.82. The lowest BCUT2D eigenvalue weighted by atomic mass is 10.0. The first-order valence-corrected chi connectivity index (χ1v) is 7.56. The summed E-state index contributed by atoms with van der Waals surface area (Å²) in [4.78, 5) is 22.3. The Morgan fingerprint density at radius 1 is 1.27 bits per heavy atom. The van der Waals surface area contributed by atoms with E-state index in [2.05, 4.69) is 21.8 Å². The van der Waals surface area contributed by atoms with Gasteiger partial charge in [-0.05, 0) is 18.8 Å². The van der Waals surface area contributed by atoms with Gasteiger partial charge in [0.1, 0.15) is 5.82 Å². The van der Waals surface area contributed by atoms with Crippen molar-refractivity contribution in [2.24, 2.45) is 5.92 Å². The molecule has 1 unspecified atom stereocenters. The number of benzene rings is 1. The number of aromatic carboxylic acids is 1. The number of nitrogens with zero attached hydrogens (tertiary/aromatic N) is 3. The number of carboxylic acids is 1. The van der Waals surface area contributed by atoms with E-state index in [9.17, 15) is 9.90 Å². The molecule has 1 aliphatic rings. The number of carbonyl (C=O) groups is 1. The van der Waals surface area contributed by atoms with E-state index in [4.69, 9.17) is 0 Å². The first-order valence-electron chi connectivity index (χ1n) is 7.56. The Bertz CT molecular complexity index is 673. The van der Waals surface area contributed by atoms with E-state index >= 15 is 0 Å². The van der Waals surface area contributed by atoms with Crippen molar-refractivity contribution in [1.29, 1.82) is 0 Å². The monoisotopic (exact) mass is 297 g/mol. The molecule has 5 heteroatoms. The van der Waals surface area contributed by atoms with Crippen LogP contribution in [-0.2, 0) is 0 Å². The van der Waals surface area contributed by atoms with Crippen molar-refractivity contribution >= 4 is 11.8 Å². The zero-order valence-corrected chi connectivity index (χ0v) is 12.6. The Morgan fingerprint density at radius 2 is 2.05 bits per heavy atom. The Kier molecular flexibility index (Phi) is 4.04. The summed E-state index contributed by atoms with van der Waals surface area (Å²) in [6.45, 7) is 4.03. The number of aromatic nitrogens is 2. The first kappa shape index (κ1) is 14.5. The van der Waals surface area contributed by atoms with Crippen molar-refractivity contribution < 1.29 is 9.90 Å². The van der Waals surface area contributed by atoms with E-state index in [1.165, 1.54) is 6.42 Å². The van der Waals surface area contributed by atoms with Crippen molar-refractivity contribution in [2.75, 3.05) is 18.0 Å².